The van der Waals surface area contributed by atoms with E-state index in [1.165, 1.54) is 35.8 Å². The lowest BCUT2D eigenvalue weighted by Crippen LogP contribution is -2.33. The van der Waals surface area contributed by atoms with Gasteiger partial charge < -0.3 is 5.32 Å². The molecular weight excluding hydrogens is 290 g/mol. The first-order valence-corrected chi connectivity index (χ1v) is 7.82. The van der Waals surface area contributed by atoms with Crippen LogP contribution in [0.15, 0.2) is 4.47 Å². The van der Waals surface area contributed by atoms with Gasteiger partial charge in [-0.1, -0.05) is 19.8 Å². The summed E-state index contributed by atoms with van der Waals surface area (Å²) in [5.41, 5.74) is 2.41. The van der Waals surface area contributed by atoms with Gasteiger partial charge in [0.1, 0.15) is 0 Å². The van der Waals surface area contributed by atoms with E-state index in [2.05, 4.69) is 40.2 Å². The molecule has 102 valence electrons. The molecule has 0 amide bonds. The average molecular weight is 314 g/mol. The maximum absolute atomic E-state index is 4.48. The fourth-order valence-electron chi connectivity index (χ4n) is 2.48. The van der Waals surface area contributed by atoms with Crippen molar-refractivity contribution in [3.63, 3.8) is 0 Å². The van der Waals surface area contributed by atoms with E-state index in [9.17, 15) is 0 Å². The van der Waals surface area contributed by atoms with Gasteiger partial charge in [-0.3, -0.25) is 4.68 Å². The molecule has 1 aromatic rings. The Kier molecular flexibility index (Phi) is 4.84. The van der Waals surface area contributed by atoms with Crippen molar-refractivity contribution >= 4 is 15.9 Å². The van der Waals surface area contributed by atoms with Gasteiger partial charge in [0.2, 0.25) is 0 Å². The summed E-state index contributed by atoms with van der Waals surface area (Å²) in [6, 6.07) is 0.601. The second-order valence-corrected chi connectivity index (χ2v) is 6.30. The molecule has 1 aliphatic rings. The number of halogens is 1. The number of hydrogen-bond donors (Lipinski definition) is 1. The highest BCUT2D eigenvalue weighted by molar-refractivity contribution is 9.10. The molecule has 18 heavy (non-hydrogen) atoms. The number of aryl methyl sites for hydroxylation is 2. The maximum Gasteiger partial charge on any atom is 0.0738 e. The molecule has 3 nitrogen and oxygen atoms in total. The molecule has 0 aliphatic heterocycles. The van der Waals surface area contributed by atoms with Crippen molar-refractivity contribution in [2.45, 2.75) is 52.0 Å². The second-order valence-electron chi connectivity index (χ2n) is 5.50. The zero-order valence-corrected chi connectivity index (χ0v) is 13.3. The summed E-state index contributed by atoms with van der Waals surface area (Å²) in [5.74, 6) is 0.965. The van der Waals surface area contributed by atoms with Crippen molar-refractivity contribution in [1.29, 1.82) is 0 Å². The molecule has 0 saturated heterocycles. The number of hydrogen-bond acceptors (Lipinski definition) is 2. The zero-order chi connectivity index (χ0) is 13.1. The Hall–Kier alpha value is -0.350. The van der Waals surface area contributed by atoms with Crippen LogP contribution in [-0.4, -0.2) is 22.4 Å². The van der Waals surface area contributed by atoms with Gasteiger partial charge in [0, 0.05) is 19.5 Å². The Balaban J connectivity index is 2.01. The molecule has 0 radical (unpaired) electrons. The van der Waals surface area contributed by atoms with Crippen LogP contribution in [0.1, 0.15) is 44.0 Å². The first kappa shape index (κ1) is 14.1. The molecule has 1 unspecified atom stereocenters. The van der Waals surface area contributed by atoms with Crippen LogP contribution >= 0.6 is 15.9 Å². The van der Waals surface area contributed by atoms with E-state index in [0.29, 0.717) is 6.04 Å². The highest BCUT2D eigenvalue weighted by Crippen LogP contribution is 2.34. The zero-order valence-electron chi connectivity index (χ0n) is 11.7. The minimum absolute atomic E-state index is 0.601. The predicted octanol–water partition coefficient (Wildman–Crippen LogP) is 3.20. The fraction of sp³-hybridized carbons (Fsp3) is 0.786. The standard InChI is InChI=1S/C14H24BrN3/c1-4-7-16-12(8-11-5-6-11)9-13-14(15)10(2)17-18(13)3/h11-12,16H,4-9H2,1-3H3. The fourth-order valence-corrected chi connectivity index (χ4v) is 2.98. The molecule has 1 N–H and O–H groups in total. The third-order valence-electron chi connectivity index (χ3n) is 3.70. The van der Waals surface area contributed by atoms with Crippen LogP contribution in [-0.2, 0) is 13.5 Å². The number of nitrogens with zero attached hydrogens (tertiary/aromatic N) is 2. The van der Waals surface area contributed by atoms with Crippen LogP contribution in [0.2, 0.25) is 0 Å². The minimum atomic E-state index is 0.601. The molecule has 0 spiro atoms. The summed E-state index contributed by atoms with van der Waals surface area (Å²) in [4.78, 5) is 0. The first-order valence-electron chi connectivity index (χ1n) is 7.03. The molecule has 1 atom stereocenters. The van der Waals surface area contributed by atoms with Crippen LogP contribution in [0, 0.1) is 12.8 Å². The second kappa shape index (κ2) is 6.20. The Labute approximate surface area is 118 Å². The summed E-state index contributed by atoms with van der Waals surface area (Å²) in [6.07, 6.45) is 6.45. The SMILES string of the molecule is CCCNC(Cc1c(Br)c(C)nn1C)CC1CC1. The topological polar surface area (TPSA) is 29.9 Å². The molecule has 2 rings (SSSR count). The van der Waals surface area contributed by atoms with E-state index in [1.54, 1.807) is 0 Å². The molecule has 1 fully saturated rings. The summed E-state index contributed by atoms with van der Waals surface area (Å²) in [5, 5.41) is 8.17. The lowest BCUT2D eigenvalue weighted by molar-refractivity contribution is 0.444. The normalized spacial score (nSPS) is 17.1. The van der Waals surface area contributed by atoms with Crippen molar-refractivity contribution in [3.05, 3.63) is 15.9 Å². The van der Waals surface area contributed by atoms with Gasteiger partial charge >= 0.3 is 0 Å². The van der Waals surface area contributed by atoms with Crippen LogP contribution in [0.4, 0.5) is 0 Å². The smallest absolute Gasteiger partial charge is 0.0738 e. The molecule has 1 aromatic heterocycles. The lowest BCUT2D eigenvalue weighted by atomic mass is 10.0. The van der Waals surface area contributed by atoms with E-state index < -0.39 is 0 Å². The van der Waals surface area contributed by atoms with E-state index >= 15 is 0 Å². The van der Waals surface area contributed by atoms with Crippen molar-refractivity contribution in [2.24, 2.45) is 13.0 Å². The summed E-state index contributed by atoms with van der Waals surface area (Å²) in [6.45, 7) is 5.40. The van der Waals surface area contributed by atoms with Gasteiger partial charge in [0.05, 0.1) is 15.9 Å². The van der Waals surface area contributed by atoms with Crippen LogP contribution in [0.3, 0.4) is 0 Å². The largest absolute Gasteiger partial charge is 0.314 e. The first-order chi connectivity index (χ1) is 8.61. The Bertz CT molecular complexity index is 396. The van der Waals surface area contributed by atoms with Gasteiger partial charge in [0.15, 0.2) is 0 Å². The summed E-state index contributed by atoms with van der Waals surface area (Å²) >= 11 is 3.67. The average Bonchev–Trinajstić information content (AvgIpc) is 3.11. The maximum atomic E-state index is 4.48. The van der Waals surface area contributed by atoms with Crippen LogP contribution in [0.25, 0.3) is 0 Å². The Morgan fingerprint density at radius 1 is 1.50 bits per heavy atom. The van der Waals surface area contributed by atoms with Gasteiger partial charge in [-0.2, -0.15) is 5.10 Å². The summed E-state index contributed by atoms with van der Waals surface area (Å²) in [7, 11) is 2.04. The quantitative estimate of drug-likeness (QED) is 0.837. The summed E-state index contributed by atoms with van der Waals surface area (Å²) < 4.78 is 3.21. The van der Waals surface area contributed by atoms with Crippen molar-refractivity contribution in [2.75, 3.05) is 6.54 Å². The molecule has 4 heteroatoms. The number of rotatable bonds is 7. The molecular formula is C14H24BrN3. The third kappa shape index (κ3) is 3.58. The van der Waals surface area contributed by atoms with E-state index in [1.807, 2.05) is 11.7 Å². The van der Waals surface area contributed by atoms with Crippen LogP contribution < -0.4 is 5.32 Å². The van der Waals surface area contributed by atoms with Crippen molar-refractivity contribution in [3.8, 4) is 0 Å². The number of nitrogens with one attached hydrogen (secondary N) is 1. The van der Waals surface area contributed by atoms with E-state index in [4.69, 9.17) is 0 Å². The molecule has 1 heterocycles. The van der Waals surface area contributed by atoms with E-state index in [-0.39, 0.29) is 0 Å². The predicted molar refractivity (Wildman–Crippen MR) is 78.8 cm³/mol. The van der Waals surface area contributed by atoms with Crippen LogP contribution in [0.5, 0.6) is 0 Å². The molecule has 0 aromatic carbocycles. The monoisotopic (exact) mass is 313 g/mol. The Morgan fingerprint density at radius 2 is 2.22 bits per heavy atom. The molecule has 1 aliphatic carbocycles. The minimum Gasteiger partial charge on any atom is -0.314 e. The highest BCUT2D eigenvalue weighted by atomic mass is 79.9. The Morgan fingerprint density at radius 3 is 2.72 bits per heavy atom. The molecule has 1 saturated carbocycles. The van der Waals surface area contributed by atoms with Crippen molar-refractivity contribution in [1.82, 2.24) is 15.1 Å². The number of aromatic nitrogens is 2. The lowest BCUT2D eigenvalue weighted by Gasteiger charge is -2.18. The van der Waals surface area contributed by atoms with Gasteiger partial charge in [-0.25, -0.2) is 0 Å². The van der Waals surface area contributed by atoms with Gasteiger partial charge in [-0.05, 0) is 48.2 Å². The molecule has 0 bridgehead atoms. The third-order valence-corrected chi connectivity index (χ3v) is 4.73. The van der Waals surface area contributed by atoms with Gasteiger partial charge in [0.25, 0.3) is 0 Å². The van der Waals surface area contributed by atoms with Gasteiger partial charge in [-0.15, -0.1) is 0 Å². The highest BCUT2D eigenvalue weighted by Gasteiger charge is 2.26. The van der Waals surface area contributed by atoms with E-state index in [0.717, 1.165) is 24.6 Å². The van der Waals surface area contributed by atoms with Crippen molar-refractivity contribution < 1.29 is 0 Å².